The van der Waals surface area contributed by atoms with Gasteiger partial charge in [-0.2, -0.15) is 0 Å². The Hall–Kier alpha value is -2.47. The number of piperazine rings is 1. The first-order valence-corrected chi connectivity index (χ1v) is 9.28. The van der Waals surface area contributed by atoms with Gasteiger partial charge in [0.1, 0.15) is 0 Å². The molecule has 138 valence electrons. The van der Waals surface area contributed by atoms with Crippen LogP contribution in [0.3, 0.4) is 0 Å². The van der Waals surface area contributed by atoms with E-state index in [1.54, 1.807) is 12.4 Å². The Morgan fingerprint density at radius 3 is 2.38 bits per heavy atom. The average molecular weight is 353 g/mol. The Morgan fingerprint density at radius 2 is 1.77 bits per heavy atom. The molecule has 0 unspecified atom stereocenters. The molecular weight excluding hydrogens is 326 g/mol. The first-order valence-electron chi connectivity index (χ1n) is 9.28. The van der Waals surface area contributed by atoms with E-state index in [0.717, 1.165) is 44.1 Å². The number of amides is 1. The lowest BCUT2D eigenvalue weighted by molar-refractivity contribution is -0.123. The topological polar surface area (TPSA) is 61.4 Å². The molecular formula is C20H27N5O. The third-order valence-corrected chi connectivity index (χ3v) is 4.84. The van der Waals surface area contributed by atoms with E-state index in [-0.39, 0.29) is 11.9 Å². The first-order chi connectivity index (χ1) is 12.7. The molecule has 0 spiro atoms. The van der Waals surface area contributed by atoms with Gasteiger partial charge in [0, 0.05) is 38.6 Å². The Balaban J connectivity index is 1.45. The zero-order valence-corrected chi connectivity index (χ0v) is 15.6. The van der Waals surface area contributed by atoms with Gasteiger partial charge in [0.25, 0.3) is 0 Å². The maximum absolute atomic E-state index is 12.4. The molecule has 26 heavy (non-hydrogen) atoms. The van der Waals surface area contributed by atoms with E-state index in [1.165, 1.54) is 5.56 Å². The number of aryl methyl sites for hydroxylation is 1. The molecule has 1 atom stereocenters. The first kappa shape index (κ1) is 18.3. The minimum Gasteiger partial charge on any atom is -0.348 e. The number of hydrogen-bond acceptors (Lipinski definition) is 5. The van der Waals surface area contributed by atoms with Crippen LogP contribution in [0.1, 0.15) is 31.0 Å². The summed E-state index contributed by atoms with van der Waals surface area (Å²) in [5.74, 6) is 0.835. The molecule has 1 aliphatic rings. The van der Waals surface area contributed by atoms with Gasteiger partial charge in [-0.15, -0.1) is 0 Å². The van der Waals surface area contributed by atoms with Gasteiger partial charge in [-0.25, -0.2) is 9.97 Å². The van der Waals surface area contributed by atoms with E-state index in [9.17, 15) is 4.79 Å². The highest BCUT2D eigenvalue weighted by atomic mass is 16.2. The SMILES string of the molecule is CCc1ccc([C@H](C)NC(=O)CN2CCN(c3ncccn3)CC2)cc1. The van der Waals surface area contributed by atoms with Crippen LogP contribution in [0.25, 0.3) is 0 Å². The standard InChI is InChI=1S/C20H27N5O/c1-3-17-5-7-18(8-6-17)16(2)23-19(26)15-24-11-13-25(14-12-24)20-21-9-4-10-22-20/h4-10,16H,3,11-15H2,1-2H3,(H,23,26)/t16-/m0/s1. The summed E-state index contributed by atoms with van der Waals surface area (Å²) in [4.78, 5) is 25.3. The molecule has 2 heterocycles. The molecule has 6 nitrogen and oxygen atoms in total. The molecule has 1 aromatic carbocycles. The lowest BCUT2D eigenvalue weighted by Crippen LogP contribution is -2.50. The summed E-state index contributed by atoms with van der Waals surface area (Å²) in [6.45, 7) is 7.96. The predicted molar refractivity (Wildman–Crippen MR) is 103 cm³/mol. The zero-order chi connectivity index (χ0) is 18.4. The van der Waals surface area contributed by atoms with Gasteiger partial charge < -0.3 is 10.2 Å². The number of anilines is 1. The highest BCUT2D eigenvalue weighted by molar-refractivity contribution is 5.78. The van der Waals surface area contributed by atoms with Crippen molar-refractivity contribution in [1.29, 1.82) is 0 Å². The molecule has 6 heteroatoms. The van der Waals surface area contributed by atoms with Gasteiger partial charge in [0.15, 0.2) is 0 Å². The second kappa shape index (κ2) is 8.76. The van der Waals surface area contributed by atoms with E-state index in [2.05, 4.69) is 56.3 Å². The van der Waals surface area contributed by atoms with Crippen molar-refractivity contribution < 1.29 is 4.79 Å². The summed E-state index contributed by atoms with van der Waals surface area (Å²) < 4.78 is 0. The van der Waals surface area contributed by atoms with Crippen molar-refractivity contribution in [3.63, 3.8) is 0 Å². The van der Waals surface area contributed by atoms with Crippen molar-refractivity contribution in [2.45, 2.75) is 26.3 Å². The Kier molecular flexibility index (Phi) is 6.17. The predicted octanol–water partition coefficient (Wildman–Crippen LogP) is 2.04. The fourth-order valence-electron chi connectivity index (χ4n) is 3.18. The van der Waals surface area contributed by atoms with E-state index in [0.29, 0.717) is 6.54 Å². The van der Waals surface area contributed by atoms with Crippen LogP contribution in [-0.4, -0.2) is 53.5 Å². The quantitative estimate of drug-likeness (QED) is 0.861. The van der Waals surface area contributed by atoms with Crippen molar-refractivity contribution in [2.75, 3.05) is 37.6 Å². The van der Waals surface area contributed by atoms with Gasteiger partial charge in [0.2, 0.25) is 11.9 Å². The normalized spacial score (nSPS) is 16.3. The molecule has 0 saturated carbocycles. The van der Waals surface area contributed by atoms with Crippen molar-refractivity contribution in [1.82, 2.24) is 20.2 Å². The van der Waals surface area contributed by atoms with Gasteiger partial charge in [-0.1, -0.05) is 31.2 Å². The molecule has 1 N–H and O–H groups in total. The minimum atomic E-state index is 0.0208. The summed E-state index contributed by atoms with van der Waals surface area (Å²) in [6, 6.07) is 10.3. The van der Waals surface area contributed by atoms with Crippen LogP contribution < -0.4 is 10.2 Å². The average Bonchev–Trinajstić information content (AvgIpc) is 2.69. The number of rotatable bonds is 6. The fourth-order valence-corrected chi connectivity index (χ4v) is 3.18. The lowest BCUT2D eigenvalue weighted by Gasteiger charge is -2.34. The number of carbonyl (C=O) groups excluding carboxylic acids is 1. The fraction of sp³-hybridized carbons (Fsp3) is 0.450. The summed E-state index contributed by atoms with van der Waals surface area (Å²) >= 11 is 0. The molecule has 1 aliphatic heterocycles. The number of aromatic nitrogens is 2. The summed E-state index contributed by atoms with van der Waals surface area (Å²) in [7, 11) is 0. The van der Waals surface area contributed by atoms with Crippen LogP contribution in [0, 0.1) is 0 Å². The highest BCUT2D eigenvalue weighted by Crippen LogP contribution is 2.14. The molecule has 3 rings (SSSR count). The second-order valence-electron chi connectivity index (χ2n) is 6.70. The van der Waals surface area contributed by atoms with E-state index in [4.69, 9.17) is 0 Å². The molecule has 0 aliphatic carbocycles. The highest BCUT2D eigenvalue weighted by Gasteiger charge is 2.21. The Bertz CT molecular complexity index is 696. The van der Waals surface area contributed by atoms with Crippen LogP contribution in [0.15, 0.2) is 42.7 Å². The molecule has 0 bridgehead atoms. The molecule has 1 fully saturated rings. The zero-order valence-electron chi connectivity index (χ0n) is 15.6. The van der Waals surface area contributed by atoms with Crippen LogP contribution in [0.2, 0.25) is 0 Å². The van der Waals surface area contributed by atoms with Crippen LogP contribution in [-0.2, 0) is 11.2 Å². The summed E-state index contributed by atoms with van der Waals surface area (Å²) in [5.41, 5.74) is 2.45. The second-order valence-corrected chi connectivity index (χ2v) is 6.70. The number of nitrogens with zero attached hydrogens (tertiary/aromatic N) is 4. The maximum Gasteiger partial charge on any atom is 0.234 e. The van der Waals surface area contributed by atoms with Crippen LogP contribution >= 0.6 is 0 Å². The summed E-state index contributed by atoms with van der Waals surface area (Å²) in [5, 5.41) is 3.10. The van der Waals surface area contributed by atoms with Crippen molar-refractivity contribution in [3.8, 4) is 0 Å². The number of carbonyl (C=O) groups is 1. The molecule has 2 aromatic rings. The Labute approximate surface area is 155 Å². The van der Waals surface area contributed by atoms with E-state index >= 15 is 0 Å². The molecule has 1 saturated heterocycles. The minimum absolute atomic E-state index is 0.0208. The van der Waals surface area contributed by atoms with E-state index in [1.807, 2.05) is 13.0 Å². The third-order valence-electron chi connectivity index (χ3n) is 4.84. The van der Waals surface area contributed by atoms with Crippen molar-refractivity contribution in [2.24, 2.45) is 0 Å². The van der Waals surface area contributed by atoms with Gasteiger partial charge in [-0.3, -0.25) is 9.69 Å². The van der Waals surface area contributed by atoms with Crippen LogP contribution in [0.4, 0.5) is 5.95 Å². The van der Waals surface area contributed by atoms with Crippen molar-refractivity contribution in [3.05, 3.63) is 53.9 Å². The van der Waals surface area contributed by atoms with Gasteiger partial charge >= 0.3 is 0 Å². The number of hydrogen-bond donors (Lipinski definition) is 1. The molecule has 0 radical (unpaired) electrons. The number of benzene rings is 1. The molecule has 1 amide bonds. The van der Waals surface area contributed by atoms with Gasteiger partial charge in [-0.05, 0) is 30.5 Å². The van der Waals surface area contributed by atoms with Crippen LogP contribution in [0.5, 0.6) is 0 Å². The van der Waals surface area contributed by atoms with Gasteiger partial charge in [0.05, 0.1) is 12.6 Å². The largest absolute Gasteiger partial charge is 0.348 e. The Morgan fingerprint density at radius 1 is 1.12 bits per heavy atom. The monoisotopic (exact) mass is 353 g/mol. The third kappa shape index (κ3) is 4.79. The van der Waals surface area contributed by atoms with Crippen molar-refractivity contribution >= 4 is 11.9 Å². The van der Waals surface area contributed by atoms with E-state index < -0.39 is 0 Å². The number of nitrogens with one attached hydrogen (secondary N) is 1. The molecule has 1 aromatic heterocycles. The summed E-state index contributed by atoms with van der Waals surface area (Å²) in [6.07, 6.45) is 4.55. The lowest BCUT2D eigenvalue weighted by atomic mass is 10.1. The maximum atomic E-state index is 12.4. The smallest absolute Gasteiger partial charge is 0.234 e.